The zero-order chi connectivity index (χ0) is 23.5. The Labute approximate surface area is 196 Å². The summed E-state index contributed by atoms with van der Waals surface area (Å²) in [4.78, 5) is 19.0. The van der Waals surface area contributed by atoms with Crippen LogP contribution in [0.3, 0.4) is 0 Å². The van der Waals surface area contributed by atoms with Gasteiger partial charge in [-0.05, 0) is 42.8 Å². The summed E-state index contributed by atoms with van der Waals surface area (Å²) in [5.41, 5.74) is 2.93. The number of rotatable bonds is 7. The van der Waals surface area contributed by atoms with E-state index in [2.05, 4.69) is 22.0 Å². The van der Waals surface area contributed by atoms with Crippen molar-refractivity contribution in [3.8, 4) is 22.9 Å². The van der Waals surface area contributed by atoms with Crippen molar-refractivity contribution in [3.63, 3.8) is 0 Å². The number of nitrogens with zero attached hydrogens (tertiary/aromatic N) is 3. The standard InChI is InChI=1S/C24H23ClN4O4/c1-5-12-29-14(2)20(21(26-24(29)30)15-6-9-17(25)10-7-15)23-27-22(28-33-23)16-8-11-18(31-3)19(13-16)32-4/h5-11,13,21H,1,12H2,2-4H3,(H,26,30). The molecule has 0 aliphatic carbocycles. The van der Waals surface area contributed by atoms with Gasteiger partial charge in [-0.2, -0.15) is 4.98 Å². The van der Waals surface area contributed by atoms with E-state index in [0.29, 0.717) is 51.6 Å². The van der Waals surface area contributed by atoms with Crippen LogP contribution in [0.1, 0.15) is 24.4 Å². The molecule has 3 aromatic rings. The monoisotopic (exact) mass is 466 g/mol. The number of hydrogen-bond acceptors (Lipinski definition) is 6. The highest BCUT2D eigenvalue weighted by molar-refractivity contribution is 6.30. The molecule has 1 aromatic heterocycles. The van der Waals surface area contributed by atoms with Crippen LogP contribution < -0.4 is 14.8 Å². The van der Waals surface area contributed by atoms with Crippen molar-refractivity contribution in [2.24, 2.45) is 0 Å². The van der Waals surface area contributed by atoms with E-state index in [1.807, 2.05) is 25.1 Å². The van der Waals surface area contributed by atoms with E-state index in [1.54, 1.807) is 49.5 Å². The molecule has 9 heteroatoms. The van der Waals surface area contributed by atoms with Gasteiger partial charge in [-0.3, -0.25) is 4.90 Å². The van der Waals surface area contributed by atoms with E-state index in [0.717, 1.165) is 5.56 Å². The molecule has 2 amide bonds. The Hall–Kier alpha value is -3.78. The second kappa shape index (κ2) is 9.38. The molecule has 2 heterocycles. The predicted octanol–water partition coefficient (Wildman–Crippen LogP) is 5.09. The Bertz CT molecular complexity index is 1220. The minimum absolute atomic E-state index is 0.240. The number of benzene rings is 2. The van der Waals surface area contributed by atoms with Crippen LogP contribution in [0.25, 0.3) is 17.0 Å². The summed E-state index contributed by atoms with van der Waals surface area (Å²) >= 11 is 6.06. The quantitative estimate of drug-likeness (QED) is 0.488. The van der Waals surface area contributed by atoms with Gasteiger partial charge in [0.2, 0.25) is 5.82 Å². The van der Waals surface area contributed by atoms with Crippen LogP contribution in [0.2, 0.25) is 5.02 Å². The Kier molecular flexibility index (Phi) is 6.37. The fraction of sp³-hybridized carbons (Fsp3) is 0.208. The molecule has 0 fully saturated rings. The average molecular weight is 467 g/mol. The SMILES string of the molecule is C=CCN1C(=O)NC(c2ccc(Cl)cc2)C(c2nc(-c3ccc(OC)c(OC)c3)no2)=C1C. The van der Waals surface area contributed by atoms with Crippen LogP contribution >= 0.6 is 11.6 Å². The molecule has 8 nitrogen and oxygen atoms in total. The zero-order valence-electron chi connectivity index (χ0n) is 18.5. The molecule has 33 heavy (non-hydrogen) atoms. The number of hydrogen-bond donors (Lipinski definition) is 1. The first kappa shape index (κ1) is 22.4. The fourth-order valence-electron chi connectivity index (χ4n) is 3.74. The van der Waals surface area contributed by atoms with Gasteiger partial charge in [0, 0.05) is 22.8 Å². The molecule has 1 aliphatic heterocycles. The maximum atomic E-state index is 12.8. The molecule has 0 spiro atoms. The van der Waals surface area contributed by atoms with Crippen molar-refractivity contribution in [1.82, 2.24) is 20.4 Å². The molecule has 0 radical (unpaired) electrons. The first-order valence-corrected chi connectivity index (χ1v) is 10.6. The van der Waals surface area contributed by atoms with Crippen molar-refractivity contribution < 1.29 is 18.8 Å². The second-order valence-corrected chi connectivity index (χ2v) is 7.76. The third kappa shape index (κ3) is 4.29. The summed E-state index contributed by atoms with van der Waals surface area (Å²) in [5, 5.41) is 7.79. The van der Waals surface area contributed by atoms with Crippen molar-refractivity contribution in [2.75, 3.05) is 20.8 Å². The lowest BCUT2D eigenvalue weighted by Crippen LogP contribution is -2.46. The molecule has 2 aromatic carbocycles. The van der Waals surface area contributed by atoms with E-state index in [1.165, 1.54) is 0 Å². The maximum absolute atomic E-state index is 12.8. The van der Waals surface area contributed by atoms with Crippen molar-refractivity contribution >= 4 is 23.2 Å². The van der Waals surface area contributed by atoms with Crippen LogP contribution in [-0.4, -0.2) is 41.8 Å². The molecule has 0 bridgehead atoms. The lowest BCUT2D eigenvalue weighted by Gasteiger charge is -2.34. The number of urea groups is 1. The second-order valence-electron chi connectivity index (χ2n) is 7.33. The van der Waals surface area contributed by atoms with Crippen LogP contribution in [-0.2, 0) is 0 Å². The summed E-state index contributed by atoms with van der Waals surface area (Å²) in [5.74, 6) is 1.83. The summed E-state index contributed by atoms with van der Waals surface area (Å²) in [7, 11) is 3.13. The van der Waals surface area contributed by atoms with Gasteiger partial charge in [0.05, 0.1) is 25.8 Å². The Morgan fingerprint density at radius 3 is 2.58 bits per heavy atom. The van der Waals surface area contributed by atoms with Gasteiger partial charge in [0.15, 0.2) is 11.5 Å². The maximum Gasteiger partial charge on any atom is 0.322 e. The molecule has 0 saturated heterocycles. The highest BCUT2D eigenvalue weighted by atomic mass is 35.5. The number of nitrogens with one attached hydrogen (secondary N) is 1. The van der Waals surface area contributed by atoms with E-state index < -0.39 is 6.04 Å². The van der Waals surface area contributed by atoms with Gasteiger partial charge in [-0.15, -0.1) is 6.58 Å². The van der Waals surface area contributed by atoms with E-state index in [-0.39, 0.29) is 6.03 Å². The summed E-state index contributed by atoms with van der Waals surface area (Å²) in [6.07, 6.45) is 1.66. The van der Waals surface area contributed by atoms with Crippen molar-refractivity contribution in [1.29, 1.82) is 0 Å². The minimum Gasteiger partial charge on any atom is -0.493 e. The number of halogens is 1. The van der Waals surface area contributed by atoms with Crippen LogP contribution in [0.4, 0.5) is 4.79 Å². The normalized spacial score (nSPS) is 15.9. The van der Waals surface area contributed by atoms with E-state index in [4.69, 9.17) is 25.6 Å². The van der Waals surface area contributed by atoms with Gasteiger partial charge in [-0.1, -0.05) is 35.0 Å². The first-order chi connectivity index (χ1) is 16.0. The topological polar surface area (TPSA) is 89.7 Å². The molecular formula is C24H23ClN4O4. The predicted molar refractivity (Wildman–Crippen MR) is 125 cm³/mol. The number of ether oxygens (including phenoxy) is 2. The summed E-state index contributed by atoms with van der Waals surface area (Å²) in [6.45, 7) is 5.94. The summed E-state index contributed by atoms with van der Waals surface area (Å²) in [6, 6.07) is 11.9. The fourth-order valence-corrected chi connectivity index (χ4v) is 3.86. The van der Waals surface area contributed by atoms with Crippen LogP contribution in [0.15, 0.2) is 65.3 Å². The molecule has 1 atom stereocenters. The number of allylic oxidation sites excluding steroid dienone is 1. The van der Waals surface area contributed by atoms with Gasteiger partial charge < -0.3 is 19.3 Å². The number of methoxy groups -OCH3 is 2. The Balaban J connectivity index is 1.80. The number of carbonyl (C=O) groups is 1. The van der Waals surface area contributed by atoms with Gasteiger partial charge in [-0.25, -0.2) is 4.79 Å². The highest BCUT2D eigenvalue weighted by Crippen LogP contribution is 2.38. The summed E-state index contributed by atoms with van der Waals surface area (Å²) < 4.78 is 16.4. The Morgan fingerprint density at radius 2 is 1.91 bits per heavy atom. The van der Waals surface area contributed by atoms with E-state index in [9.17, 15) is 4.79 Å². The molecule has 4 rings (SSSR count). The van der Waals surface area contributed by atoms with Crippen LogP contribution in [0.5, 0.6) is 11.5 Å². The minimum atomic E-state index is -0.491. The molecular weight excluding hydrogens is 444 g/mol. The van der Waals surface area contributed by atoms with Crippen molar-refractivity contribution in [2.45, 2.75) is 13.0 Å². The first-order valence-electron chi connectivity index (χ1n) is 10.2. The van der Waals surface area contributed by atoms with Gasteiger partial charge >= 0.3 is 6.03 Å². The third-order valence-corrected chi connectivity index (χ3v) is 5.66. The number of aromatic nitrogens is 2. The largest absolute Gasteiger partial charge is 0.493 e. The zero-order valence-corrected chi connectivity index (χ0v) is 19.2. The smallest absolute Gasteiger partial charge is 0.322 e. The number of carbonyl (C=O) groups excluding carboxylic acids is 1. The highest BCUT2D eigenvalue weighted by Gasteiger charge is 2.35. The lowest BCUT2D eigenvalue weighted by molar-refractivity contribution is 0.209. The van der Waals surface area contributed by atoms with Crippen molar-refractivity contribution in [3.05, 3.63) is 77.3 Å². The molecule has 1 aliphatic rings. The Morgan fingerprint density at radius 1 is 1.18 bits per heavy atom. The molecule has 0 saturated carbocycles. The van der Waals surface area contributed by atoms with E-state index >= 15 is 0 Å². The lowest BCUT2D eigenvalue weighted by atomic mass is 9.94. The number of amides is 2. The molecule has 1 N–H and O–H groups in total. The third-order valence-electron chi connectivity index (χ3n) is 5.41. The molecule has 1 unspecified atom stereocenters. The van der Waals surface area contributed by atoms with Gasteiger partial charge in [0.25, 0.3) is 5.89 Å². The van der Waals surface area contributed by atoms with Gasteiger partial charge in [0.1, 0.15) is 0 Å². The average Bonchev–Trinajstić information content (AvgIpc) is 3.31. The van der Waals surface area contributed by atoms with Crippen LogP contribution in [0, 0.1) is 0 Å². The molecule has 170 valence electrons.